The van der Waals surface area contributed by atoms with Crippen LogP contribution in [0.25, 0.3) is 65.6 Å². The fraction of sp³-hybridized carbons (Fsp3) is 0. The number of hydrogen-bond donors (Lipinski definition) is 0. The molecule has 9 rings (SSSR count). The lowest BCUT2D eigenvalue weighted by Gasteiger charge is -2.17. The maximum Gasteiger partial charge on any atom is 0.241 e. The fourth-order valence-electron chi connectivity index (χ4n) is 7.52. The zero-order valence-electron chi connectivity index (χ0n) is 27.0. The summed E-state index contributed by atoms with van der Waals surface area (Å²) in [6.45, 7) is 0.0315. The SMILES string of the molecule is N#Cc1ccc(B(c2ccccc2)c2ccc(-c3ccc4c(c3)nc(-c3ccc(F)cc3)c3c5ccccc5c5ccccc5c43)cc2)cc1. The number of benzene rings is 8. The first-order valence-corrected chi connectivity index (χ1v) is 16.7. The Kier molecular flexibility index (Phi) is 7.18. The number of aromatic nitrogens is 1. The predicted molar refractivity (Wildman–Crippen MR) is 207 cm³/mol. The molecule has 0 bridgehead atoms. The summed E-state index contributed by atoms with van der Waals surface area (Å²) in [5, 5.41) is 17.3. The first-order valence-electron chi connectivity index (χ1n) is 16.7. The minimum atomic E-state index is -0.270. The van der Waals surface area contributed by atoms with Crippen LogP contribution in [0, 0.1) is 17.1 Å². The van der Waals surface area contributed by atoms with E-state index in [1.54, 1.807) is 0 Å². The summed E-state index contributed by atoms with van der Waals surface area (Å²) in [6, 6.07) is 59.7. The van der Waals surface area contributed by atoms with Gasteiger partial charge in [-0.25, -0.2) is 9.37 Å². The maximum absolute atomic E-state index is 14.1. The zero-order valence-corrected chi connectivity index (χ0v) is 27.0. The minimum Gasteiger partial charge on any atom is -0.247 e. The fourth-order valence-corrected chi connectivity index (χ4v) is 7.52. The Balaban J connectivity index is 1.23. The molecule has 0 aliphatic rings. The number of hydrogen-bond acceptors (Lipinski definition) is 2. The minimum absolute atomic E-state index is 0.0315. The third-order valence-electron chi connectivity index (χ3n) is 9.87. The first-order chi connectivity index (χ1) is 24.7. The molecule has 0 N–H and O–H groups in total. The van der Waals surface area contributed by atoms with E-state index in [4.69, 9.17) is 4.98 Å². The van der Waals surface area contributed by atoms with Gasteiger partial charge in [-0.3, -0.25) is 0 Å². The summed E-state index contributed by atoms with van der Waals surface area (Å²) in [4.78, 5) is 5.34. The first kappa shape index (κ1) is 29.6. The smallest absolute Gasteiger partial charge is 0.241 e. The standard InChI is InChI=1S/C46H28BFN2/c48-37-25-18-32(19-26-37)46-45-41-13-7-5-11-39(41)38-10-4-6-12-40(38)44(45)42-27-20-33(28-43(42)50-46)31-16-23-36(24-17-31)47(34-8-2-1-3-9-34)35-21-14-30(29-49)15-22-35/h1-28H. The third kappa shape index (κ3) is 5.00. The van der Waals surface area contributed by atoms with Crippen molar-refractivity contribution in [1.82, 2.24) is 4.98 Å². The third-order valence-corrected chi connectivity index (χ3v) is 9.87. The molecule has 4 heteroatoms. The molecular weight excluding hydrogens is 610 g/mol. The van der Waals surface area contributed by atoms with Gasteiger partial charge in [-0.1, -0.05) is 144 Å². The van der Waals surface area contributed by atoms with Crippen LogP contribution in [0.4, 0.5) is 4.39 Å². The number of nitriles is 1. The van der Waals surface area contributed by atoms with E-state index < -0.39 is 0 Å². The van der Waals surface area contributed by atoms with E-state index in [1.807, 2.05) is 30.3 Å². The van der Waals surface area contributed by atoms with E-state index in [9.17, 15) is 9.65 Å². The van der Waals surface area contributed by atoms with Crippen molar-refractivity contribution in [2.45, 2.75) is 0 Å². The van der Waals surface area contributed by atoms with Crippen molar-refractivity contribution in [2.24, 2.45) is 0 Å². The molecule has 0 unspecified atom stereocenters. The topological polar surface area (TPSA) is 36.7 Å². The van der Waals surface area contributed by atoms with Gasteiger partial charge in [0.05, 0.1) is 22.8 Å². The molecule has 1 heterocycles. The molecular formula is C46H28BFN2. The Labute approximate surface area is 289 Å². The Morgan fingerprint density at radius 3 is 1.62 bits per heavy atom. The highest BCUT2D eigenvalue weighted by Crippen LogP contribution is 2.43. The van der Waals surface area contributed by atoms with Gasteiger partial charge in [0, 0.05) is 21.7 Å². The van der Waals surface area contributed by atoms with Gasteiger partial charge < -0.3 is 0 Å². The van der Waals surface area contributed by atoms with E-state index in [0.29, 0.717) is 5.56 Å². The lowest BCUT2D eigenvalue weighted by Crippen LogP contribution is -2.51. The van der Waals surface area contributed by atoms with Gasteiger partial charge in [0.1, 0.15) is 5.82 Å². The summed E-state index contributed by atoms with van der Waals surface area (Å²) >= 11 is 0. The van der Waals surface area contributed by atoms with Crippen molar-refractivity contribution in [3.63, 3.8) is 0 Å². The van der Waals surface area contributed by atoms with Crippen LogP contribution in [-0.2, 0) is 0 Å². The number of rotatable bonds is 5. The van der Waals surface area contributed by atoms with Gasteiger partial charge >= 0.3 is 0 Å². The van der Waals surface area contributed by atoms with Crippen molar-refractivity contribution in [3.8, 4) is 28.5 Å². The second-order valence-electron chi connectivity index (χ2n) is 12.7. The monoisotopic (exact) mass is 638 g/mol. The van der Waals surface area contributed by atoms with Crippen LogP contribution in [0.2, 0.25) is 0 Å². The molecule has 0 aliphatic heterocycles. The molecule has 0 amide bonds. The van der Waals surface area contributed by atoms with Crippen LogP contribution in [0.5, 0.6) is 0 Å². The van der Waals surface area contributed by atoms with Crippen LogP contribution >= 0.6 is 0 Å². The number of fused-ring (bicyclic) bond motifs is 8. The average molecular weight is 639 g/mol. The van der Waals surface area contributed by atoms with Gasteiger partial charge in [-0.15, -0.1) is 0 Å². The van der Waals surface area contributed by atoms with E-state index >= 15 is 0 Å². The number of halogens is 1. The summed E-state index contributed by atoms with van der Waals surface area (Å²) in [5.41, 5.74) is 8.93. The summed E-state index contributed by atoms with van der Waals surface area (Å²) in [5.74, 6) is -0.270. The molecule has 0 saturated carbocycles. The number of pyridine rings is 1. The van der Waals surface area contributed by atoms with Crippen LogP contribution < -0.4 is 16.4 Å². The quantitative estimate of drug-likeness (QED) is 0.139. The molecule has 2 nitrogen and oxygen atoms in total. The van der Waals surface area contributed by atoms with Crippen molar-refractivity contribution in [2.75, 3.05) is 0 Å². The Morgan fingerprint density at radius 2 is 0.980 bits per heavy atom. The molecule has 9 aromatic rings. The number of nitrogens with zero attached hydrogens (tertiary/aromatic N) is 2. The molecule has 1 aromatic heterocycles. The van der Waals surface area contributed by atoms with E-state index in [2.05, 4.69) is 133 Å². The summed E-state index contributed by atoms with van der Waals surface area (Å²) < 4.78 is 14.1. The van der Waals surface area contributed by atoms with Gasteiger partial charge in [-0.2, -0.15) is 5.26 Å². The van der Waals surface area contributed by atoms with Gasteiger partial charge in [0.25, 0.3) is 0 Å². The van der Waals surface area contributed by atoms with E-state index in [-0.39, 0.29) is 12.5 Å². The molecule has 8 aromatic carbocycles. The Morgan fingerprint density at radius 1 is 0.460 bits per heavy atom. The molecule has 0 saturated heterocycles. The predicted octanol–water partition coefficient (Wildman–Crippen LogP) is 9.56. The highest BCUT2D eigenvalue weighted by atomic mass is 19.1. The molecule has 0 fully saturated rings. The molecule has 0 aliphatic carbocycles. The van der Waals surface area contributed by atoms with Crippen molar-refractivity contribution in [3.05, 3.63) is 181 Å². The maximum atomic E-state index is 14.1. The molecule has 232 valence electrons. The molecule has 0 spiro atoms. The zero-order chi connectivity index (χ0) is 33.6. The highest BCUT2D eigenvalue weighted by molar-refractivity contribution is 6.95. The average Bonchev–Trinajstić information content (AvgIpc) is 3.18. The summed E-state index contributed by atoms with van der Waals surface area (Å²) in [6.07, 6.45) is 0. The van der Waals surface area contributed by atoms with Crippen LogP contribution in [0.1, 0.15) is 5.56 Å². The second kappa shape index (κ2) is 12.2. The molecule has 0 radical (unpaired) electrons. The van der Waals surface area contributed by atoms with Crippen LogP contribution in [0.3, 0.4) is 0 Å². The summed E-state index contributed by atoms with van der Waals surface area (Å²) in [7, 11) is 0. The highest BCUT2D eigenvalue weighted by Gasteiger charge is 2.22. The van der Waals surface area contributed by atoms with Gasteiger partial charge in [0.15, 0.2) is 0 Å². The normalized spacial score (nSPS) is 11.3. The van der Waals surface area contributed by atoms with Gasteiger partial charge in [0.2, 0.25) is 6.71 Å². The van der Waals surface area contributed by atoms with Crippen molar-refractivity contribution < 1.29 is 4.39 Å². The van der Waals surface area contributed by atoms with Crippen LogP contribution in [-0.4, -0.2) is 11.7 Å². The van der Waals surface area contributed by atoms with E-state index in [0.717, 1.165) is 54.9 Å². The lowest BCUT2D eigenvalue weighted by atomic mass is 9.37. The van der Waals surface area contributed by atoms with Gasteiger partial charge in [-0.05, 0) is 75.1 Å². The van der Waals surface area contributed by atoms with Crippen LogP contribution in [0.15, 0.2) is 170 Å². The lowest BCUT2D eigenvalue weighted by molar-refractivity contribution is 0.628. The molecule has 0 atom stereocenters. The molecule has 50 heavy (non-hydrogen) atoms. The second-order valence-corrected chi connectivity index (χ2v) is 12.7. The van der Waals surface area contributed by atoms with E-state index in [1.165, 1.54) is 39.2 Å². The largest absolute Gasteiger partial charge is 0.247 e. The Hall–Kier alpha value is -6.57. The van der Waals surface area contributed by atoms with Crippen molar-refractivity contribution in [1.29, 1.82) is 5.26 Å². The van der Waals surface area contributed by atoms with Crippen molar-refractivity contribution >= 4 is 66.3 Å². The Bertz CT molecular complexity index is 2750.